The highest BCUT2D eigenvalue weighted by Gasteiger charge is 2.50. The smallest absolute Gasteiger partial charge is 0.155 e. The monoisotopic (exact) mass is 544 g/mol. The van der Waals surface area contributed by atoms with Crippen molar-refractivity contribution in [3.05, 3.63) is 51.6 Å². The third kappa shape index (κ3) is 4.14. The van der Waals surface area contributed by atoms with Gasteiger partial charge in [0.05, 0.1) is 24.0 Å². The number of aliphatic hydroxyl groups excluding tert-OH is 1. The maximum atomic E-state index is 9.65. The average Bonchev–Trinajstić information content (AvgIpc) is 3.35. The number of piperidine rings is 1. The fraction of sp³-hybridized carbons (Fsp3) is 0.560. The van der Waals surface area contributed by atoms with Gasteiger partial charge >= 0.3 is 0 Å². The molecule has 1 saturated heterocycles. The topological polar surface area (TPSA) is 69.8 Å². The number of anilines is 1. The number of rotatable bonds is 4. The quantitative estimate of drug-likeness (QED) is 0.466. The standard InChI is InChI=1S/C25H33BrN6OS/c1-16-22(26)32-20(13-17(15-33)29-32)23(28-16)31-11-8-25(9-12-31)14-19-18(7-6-10-27-19)21(25)30(5)34-24(2,3)4/h6-7,10,13,21,33H,8-9,11-12,14-15H2,1-5H3. The van der Waals surface area contributed by atoms with Crippen molar-refractivity contribution in [1.82, 2.24) is 23.9 Å². The van der Waals surface area contributed by atoms with E-state index >= 15 is 0 Å². The van der Waals surface area contributed by atoms with E-state index in [1.807, 2.05) is 35.7 Å². The van der Waals surface area contributed by atoms with Crippen LogP contribution in [0.3, 0.4) is 0 Å². The SMILES string of the molecule is Cc1nc(N2CCC3(CC2)Cc2ncccc2C3N(C)SC(C)(C)C)c2cc(CO)nn2c1Br. The van der Waals surface area contributed by atoms with Gasteiger partial charge in [0.1, 0.15) is 10.1 Å². The second-order valence-electron chi connectivity index (χ2n) is 10.6. The molecular weight excluding hydrogens is 512 g/mol. The highest BCUT2D eigenvalue weighted by atomic mass is 79.9. The first-order valence-corrected chi connectivity index (χ1v) is 13.4. The predicted octanol–water partition coefficient (Wildman–Crippen LogP) is 4.95. The number of aliphatic hydroxyl groups is 1. The summed E-state index contributed by atoms with van der Waals surface area (Å²) in [6.45, 7) is 10.6. The zero-order chi connectivity index (χ0) is 24.3. The lowest BCUT2D eigenvalue weighted by molar-refractivity contribution is 0.124. The van der Waals surface area contributed by atoms with Crippen molar-refractivity contribution in [1.29, 1.82) is 0 Å². The van der Waals surface area contributed by atoms with Gasteiger partial charge in [0.25, 0.3) is 0 Å². The summed E-state index contributed by atoms with van der Waals surface area (Å²) in [6, 6.07) is 6.65. The van der Waals surface area contributed by atoms with E-state index in [1.54, 1.807) is 0 Å². The van der Waals surface area contributed by atoms with Crippen molar-refractivity contribution < 1.29 is 5.11 Å². The third-order valence-corrected chi connectivity index (χ3v) is 9.03. The lowest BCUT2D eigenvalue weighted by Gasteiger charge is -2.47. The van der Waals surface area contributed by atoms with Crippen molar-refractivity contribution in [3.8, 4) is 0 Å². The minimum Gasteiger partial charge on any atom is -0.390 e. The highest BCUT2D eigenvalue weighted by Crippen LogP contribution is 2.56. The molecule has 7 nitrogen and oxygen atoms in total. The molecule has 34 heavy (non-hydrogen) atoms. The van der Waals surface area contributed by atoms with E-state index in [1.165, 1.54) is 11.3 Å². The van der Waals surface area contributed by atoms with E-state index in [4.69, 9.17) is 9.97 Å². The zero-order valence-corrected chi connectivity index (χ0v) is 22.9. The van der Waals surface area contributed by atoms with Crippen LogP contribution < -0.4 is 4.90 Å². The molecule has 0 amide bonds. The molecule has 1 spiro atoms. The molecule has 0 saturated carbocycles. The Kier molecular flexibility index (Phi) is 6.19. The Morgan fingerprint density at radius 3 is 2.71 bits per heavy atom. The van der Waals surface area contributed by atoms with Crippen LogP contribution in [-0.2, 0) is 13.0 Å². The number of aryl methyl sites for hydroxylation is 1. The number of pyridine rings is 1. The van der Waals surface area contributed by atoms with Crippen LogP contribution in [0.15, 0.2) is 29.0 Å². The summed E-state index contributed by atoms with van der Waals surface area (Å²) in [7, 11) is 2.25. The molecule has 0 radical (unpaired) electrons. The normalized spacial score (nSPS) is 20.0. The third-order valence-electron chi connectivity index (χ3n) is 7.07. The van der Waals surface area contributed by atoms with Gasteiger partial charge in [0, 0.05) is 29.7 Å². The summed E-state index contributed by atoms with van der Waals surface area (Å²) < 4.78 is 5.34. The van der Waals surface area contributed by atoms with Crippen LogP contribution in [0.4, 0.5) is 5.82 Å². The molecule has 0 bridgehead atoms. The number of hydrogen-bond acceptors (Lipinski definition) is 7. The minimum absolute atomic E-state index is 0.0829. The van der Waals surface area contributed by atoms with Crippen LogP contribution in [0, 0.1) is 12.3 Å². The van der Waals surface area contributed by atoms with Crippen molar-refractivity contribution in [2.24, 2.45) is 5.41 Å². The number of fused-ring (bicyclic) bond motifs is 2. The molecule has 1 atom stereocenters. The fourth-order valence-electron chi connectivity index (χ4n) is 5.75. The minimum atomic E-state index is -0.0829. The fourth-order valence-corrected chi connectivity index (χ4v) is 7.42. The number of nitrogens with zero attached hydrogens (tertiary/aromatic N) is 6. The molecule has 5 rings (SSSR count). The number of aromatic nitrogens is 4. The molecule has 1 unspecified atom stereocenters. The molecule has 2 aliphatic rings. The van der Waals surface area contributed by atoms with Gasteiger partial charge in [-0.15, -0.1) is 0 Å². The van der Waals surface area contributed by atoms with Crippen molar-refractivity contribution in [2.45, 2.75) is 64.4 Å². The Morgan fingerprint density at radius 1 is 1.29 bits per heavy atom. The Balaban J connectivity index is 1.46. The molecule has 4 heterocycles. The Morgan fingerprint density at radius 2 is 2.03 bits per heavy atom. The average molecular weight is 546 g/mol. The Hall–Kier alpha value is -1.68. The number of hydrogen-bond donors (Lipinski definition) is 1. The second kappa shape index (κ2) is 8.76. The largest absolute Gasteiger partial charge is 0.390 e. The molecule has 1 N–H and O–H groups in total. The first-order valence-electron chi connectivity index (χ1n) is 11.9. The molecule has 1 aliphatic heterocycles. The molecule has 1 fully saturated rings. The first kappa shape index (κ1) is 24.0. The van der Waals surface area contributed by atoms with Gasteiger partial charge in [0.15, 0.2) is 5.82 Å². The van der Waals surface area contributed by atoms with Gasteiger partial charge in [-0.3, -0.25) is 4.98 Å². The molecule has 3 aromatic rings. The van der Waals surface area contributed by atoms with Crippen LogP contribution in [0.1, 0.15) is 62.3 Å². The molecule has 3 aromatic heterocycles. The van der Waals surface area contributed by atoms with E-state index in [0.29, 0.717) is 11.7 Å². The van der Waals surface area contributed by atoms with E-state index in [9.17, 15) is 5.11 Å². The van der Waals surface area contributed by atoms with Gasteiger partial charge < -0.3 is 10.0 Å². The van der Waals surface area contributed by atoms with Crippen LogP contribution in [0.25, 0.3) is 5.52 Å². The first-order chi connectivity index (χ1) is 16.1. The van der Waals surface area contributed by atoms with Gasteiger partial charge in [-0.2, -0.15) is 5.10 Å². The Labute approximate surface area is 214 Å². The molecule has 1 aliphatic carbocycles. The van der Waals surface area contributed by atoms with Crippen LogP contribution in [-0.4, -0.2) is 53.9 Å². The molecule has 0 aromatic carbocycles. The summed E-state index contributed by atoms with van der Waals surface area (Å²) in [5.41, 5.74) is 5.29. The lowest BCUT2D eigenvalue weighted by atomic mass is 9.73. The van der Waals surface area contributed by atoms with Gasteiger partial charge in [-0.05, 0) is 93.0 Å². The summed E-state index contributed by atoms with van der Waals surface area (Å²) in [6.07, 6.45) is 5.12. The van der Waals surface area contributed by atoms with E-state index < -0.39 is 0 Å². The van der Waals surface area contributed by atoms with Gasteiger partial charge in [-0.1, -0.05) is 18.0 Å². The maximum absolute atomic E-state index is 9.65. The van der Waals surface area contributed by atoms with Crippen molar-refractivity contribution in [3.63, 3.8) is 0 Å². The molecule has 9 heteroatoms. The molecule has 182 valence electrons. The van der Waals surface area contributed by atoms with Crippen molar-refractivity contribution in [2.75, 3.05) is 25.0 Å². The predicted molar refractivity (Wildman–Crippen MR) is 141 cm³/mol. The summed E-state index contributed by atoms with van der Waals surface area (Å²) >= 11 is 5.55. The van der Waals surface area contributed by atoms with Crippen molar-refractivity contribution >= 4 is 39.2 Å². The van der Waals surface area contributed by atoms with Gasteiger partial charge in [0.2, 0.25) is 0 Å². The number of halogens is 1. The zero-order valence-electron chi connectivity index (χ0n) is 20.5. The maximum Gasteiger partial charge on any atom is 0.155 e. The highest BCUT2D eigenvalue weighted by molar-refractivity contribution is 9.10. The van der Waals surface area contributed by atoms with E-state index in [2.05, 4.69) is 70.2 Å². The molecular formula is C25H33BrN6OS. The summed E-state index contributed by atoms with van der Waals surface area (Å²) in [5.74, 6) is 0.949. The summed E-state index contributed by atoms with van der Waals surface area (Å²) in [4.78, 5) is 12.1. The second-order valence-corrected chi connectivity index (χ2v) is 13.4. The van der Waals surface area contributed by atoms with Crippen LogP contribution in [0.5, 0.6) is 0 Å². The Bertz CT molecular complexity index is 1210. The lowest BCUT2D eigenvalue weighted by Crippen LogP contribution is -2.46. The van der Waals surface area contributed by atoms with Crippen LogP contribution >= 0.6 is 27.9 Å². The van der Waals surface area contributed by atoms with Crippen LogP contribution in [0.2, 0.25) is 0 Å². The summed E-state index contributed by atoms with van der Waals surface area (Å²) in [5, 5.41) is 14.2. The van der Waals surface area contributed by atoms with E-state index in [0.717, 1.165) is 54.0 Å². The van der Waals surface area contributed by atoms with E-state index in [-0.39, 0.29) is 16.8 Å². The van der Waals surface area contributed by atoms with Gasteiger partial charge in [-0.25, -0.2) is 13.8 Å².